The van der Waals surface area contributed by atoms with Gasteiger partial charge >= 0.3 is 6.18 Å². The number of alkyl halides is 3. The van der Waals surface area contributed by atoms with Crippen LogP contribution in [-0.4, -0.2) is 53.8 Å². The van der Waals surface area contributed by atoms with Crippen LogP contribution in [0.2, 0.25) is 0 Å². The molecular weight excluding hydrogens is 319 g/mol. The van der Waals surface area contributed by atoms with Gasteiger partial charge in [-0.2, -0.15) is 13.2 Å². The SMILES string of the molecule is OC1CCN(CC2CCCN(c3cncc(C(F)(F)F)c3)C2)CC1. The Bertz CT molecular complexity index is 544. The van der Waals surface area contributed by atoms with E-state index >= 15 is 0 Å². The van der Waals surface area contributed by atoms with Crippen molar-refractivity contribution in [3.05, 3.63) is 24.0 Å². The van der Waals surface area contributed by atoms with Crippen molar-refractivity contribution in [2.45, 2.75) is 38.0 Å². The van der Waals surface area contributed by atoms with E-state index in [0.717, 1.165) is 64.6 Å². The summed E-state index contributed by atoms with van der Waals surface area (Å²) >= 11 is 0. The minimum absolute atomic E-state index is 0.180. The molecule has 0 bridgehead atoms. The Hall–Kier alpha value is -1.34. The number of pyridine rings is 1. The third-order valence-electron chi connectivity index (χ3n) is 5.01. The Kier molecular flexibility index (Phi) is 5.30. The molecule has 1 atom stereocenters. The number of aromatic nitrogens is 1. The molecule has 2 fully saturated rings. The van der Waals surface area contributed by atoms with E-state index in [0.29, 0.717) is 11.6 Å². The van der Waals surface area contributed by atoms with Crippen molar-refractivity contribution in [2.75, 3.05) is 37.6 Å². The lowest BCUT2D eigenvalue weighted by Gasteiger charge is -2.38. The van der Waals surface area contributed by atoms with Gasteiger partial charge in [0.2, 0.25) is 0 Å². The molecule has 0 spiro atoms. The van der Waals surface area contributed by atoms with E-state index in [1.165, 1.54) is 12.3 Å². The van der Waals surface area contributed by atoms with Crippen molar-refractivity contribution in [1.29, 1.82) is 0 Å². The van der Waals surface area contributed by atoms with Crippen LogP contribution in [0.25, 0.3) is 0 Å². The zero-order valence-electron chi connectivity index (χ0n) is 13.7. The summed E-state index contributed by atoms with van der Waals surface area (Å²) in [5, 5.41) is 9.58. The van der Waals surface area contributed by atoms with Crippen molar-refractivity contribution >= 4 is 5.69 Å². The van der Waals surface area contributed by atoms with Crippen LogP contribution >= 0.6 is 0 Å². The van der Waals surface area contributed by atoms with E-state index in [9.17, 15) is 18.3 Å². The second-order valence-corrected chi connectivity index (χ2v) is 6.92. The molecule has 0 radical (unpaired) electrons. The molecule has 134 valence electrons. The van der Waals surface area contributed by atoms with Gasteiger partial charge < -0.3 is 14.9 Å². The van der Waals surface area contributed by atoms with E-state index in [4.69, 9.17) is 0 Å². The summed E-state index contributed by atoms with van der Waals surface area (Å²) < 4.78 is 38.6. The lowest BCUT2D eigenvalue weighted by atomic mass is 9.95. The Labute approximate surface area is 140 Å². The molecule has 0 aliphatic carbocycles. The van der Waals surface area contributed by atoms with Crippen LogP contribution in [-0.2, 0) is 6.18 Å². The maximum Gasteiger partial charge on any atom is 0.417 e. The fourth-order valence-electron chi connectivity index (χ4n) is 3.67. The molecule has 24 heavy (non-hydrogen) atoms. The van der Waals surface area contributed by atoms with Gasteiger partial charge in [0.15, 0.2) is 0 Å². The highest BCUT2D eigenvalue weighted by atomic mass is 19.4. The molecule has 1 N–H and O–H groups in total. The predicted molar refractivity (Wildman–Crippen MR) is 85.9 cm³/mol. The van der Waals surface area contributed by atoms with Crippen molar-refractivity contribution in [3.63, 3.8) is 0 Å². The van der Waals surface area contributed by atoms with Crippen molar-refractivity contribution in [3.8, 4) is 0 Å². The van der Waals surface area contributed by atoms with Gasteiger partial charge in [0.05, 0.1) is 23.6 Å². The van der Waals surface area contributed by atoms with Gasteiger partial charge in [-0.05, 0) is 37.7 Å². The van der Waals surface area contributed by atoms with E-state index in [-0.39, 0.29) is 6.10 Å². The minimum atomic E-state index is -4.35. The molecule has 2 saturated heterocycles. The third kappa shape index (κ3) is 4.39. The molecule has 7 heteroatoms. The molecule has 0 aromatic carbocycles. The molecule has 3 heterocycles. The highest BCUT2D eigenvalue weighted by Gasteiger charge is 2.32. The van der Waals surface area contributed by atoms with Crippen molar-refractivity contribution in [1.82, 2.24) is 9.88 Å². The Morgan fingerprint density at radius 3 is 2.58 bits per heavy atom. The summed E-state index contributed by atoms with van der Waals surface area (Å²) in [7, 11) is 0. The van der Waals surface area contributed by atoms with Crippen LogP contribution in [0, 0.1) is 5.92 Å². The molecule has 1 aromatic rings. The quantitative estimate of drug-likeness (QED) is 0.916. The van der Waals surface area contributed by atoms with E-state index in [2.05, 4.69) is 9.88 Å². The van der Waals surface area contributed by atoms with Gasteiger partial charge in [0.25, 0.3) is 0 Å². The van der Waals surface area contributed by atoms with Gasteiger partial charge in [-0.1, -0.05) is 0 Å². The number of anilines is 1. The highest BCUT2D eigenvalue weighted by Crippen LogP contribution is 2.32. The van der Waals surface area contributed by atoms with Crippen LogP contribution < -0.4 is 4.90 Å². The number of likely N-dealkylation sites (tertiary alicyclic amines) is 1. The van der Waals surface area contributed by atoms with Crippen LogP contribution in [0.1, 0.15) is 31.2 Å². The second-order valence-electron chi connectivity index (χ2n) is 6.92. The smallest absolute Gasteiger partial charge is 0.393 e. The van der Waals surface area contributed by atoms with Gasteiger partial charge in [0.1, 0.15) is 0 Å². The van der Waals surface area contributed by atoms with Crippen LogP contribution in [0.15, 0.2) is 18.5 Å². The third-order valence-corrected chi connectivity index (χ3v) is 5.01. The number of rotatable bonds is 3. The summed E-state index contributed by atoms with van der Waals surface area (Å²) in [5.74, 6) is 0.448. The van der Waals surface area contributed by atoms with E-state index in [1.54, 1.807) is 0 Å². The maximum absolute atomic E-state index is 12.9. The number of piperidine rings is 2. The van der Waals surface area contributed by atoms with Crippen LogP contribution in [0.3, 0.4) is 0 Å². The summed E-state index contributed by atoms with van der Waals surface area (Å²) in [4.78, 5) is 8.16. The summed E-state index contributed by atoms with van der Waals surface area (Å²) in [5.41, 5.74) is -0.129. The largest absolute Gasteiger partial charge is 0.417 e. The number of aliphatic hydroxyl groups is 1. The number of nitrogens with zero attached hydrogens (tertiary/aromatic N) is 3. The van der Waals surface area contributed by atoms with Gasteiger partial charge in [0, 0.05) is 38.9 Å². The molecule has 4 nitrogen and oxygen atoms in total. The normalized spacial score (nSPS) is 24.3. The fraction of sp³-hybridized carbons (Fsp3) is 0.706. The van der Waals surface area contributed by atoms with Gasteiger partial charge in [-0.25, -0.2) is 0 Å². The first-order valence-corrected chi connectivity index (χ1v) is 8.59. The Morgan fingerprint density at radius 1 is 1.12 bits per heavy atom. The van der Waals surface area contributed by atoms with Crippen LogP contribution in [0.4, 0.5) is 18.9 Å². The lowest BCUT2D eigenvalue weighted by Crippen LogP contribution is -2.44. The molecule has 2 aliphatic heterocycles. The topological polar surface area (TPSA) is 39.6 Å². The highest BCUT2D eigenvalue weighted by molar-refractivity contribution is 5.47. The molecule has 3 rings (SSSR count). The monoisotopic (exact) mass is 343 g/mol. The Balaban J connectivity index is 1.61. The number of hydrogen-bond donors (Lipinski definition) is 1. The molecule has 1 unspecified atom stereocenters. The summed E-state index contributed by atoms with van der Waals surface area (Å²) in [6.45, 7) is 4.31. The molecular formula is C17H24F3N3O. The van der Waals surface area contributed by atoms with Crippen LogP contribution in [0.5, 0.6) is 0 Å². The van der Waals surface area contributed by atoms with E-state index in [1.807, 2.05) is 4.90 Å². The van der Waals surface area contributed by atoms with Crippen molar-refractivity contribution < 1.29 is 18.3 Å². The first-order valence-electron chi connectivity index (χ1n) is 8.59. The Morgan fingerprint density at radius 2 is 1.88 bits per heavy atom. The first kappa shape index (κ1) is 17.5. The predicted octanol–water partition coefficient (Wildman–Crippen LogP) is 2.77. The summed E-state index contributed by atoms with van der Waals surface area (Å²) in [6.07, 6.45) is 1.58. The van der Waals surface area contributed by atoms with Gasteiger partial charge in [-0.15, -0.1) is 0 Å². The zero-order chi connectivity index (χ0) is 17.2. The standard InChI is InChI=1S/C17H24F3N3O/c18-17(19,20)14-8-15(10-21-9-14)23-5-1-2-13(12-23)11-22-6-3-16(24)4-7-22/h8-10,13,16,24H,1-7,11-12H2. The first-order chi connectivity index (χ1) is 11.4. The molecule has 2 aliphatic rings. The van der Waals surface area contributed by atoms with Gasteiger partial charge in [-0.3, -0.25) is 4.98 Å². The summed E-state index contributed by atoms with van der Waals surface area (Å²) in [6, 6.07) is 1.20. The number of hydrogen-bond acceptors (Lipinski definition) is 4. The average Bonchev–Trinajstić information content (AvgIpc) is 2.57. The van der Waals surface area contributed by atoms with E-state index < -0.39 is 11.7 Å². The molecule has 0 amide bonds. The lowest BCUT2D eigenvalue weighted by molar-refractivity contribution is -0.137. The average molecular weight is 343 g/mol. The number of aliphatic hydroxyl groups excluding tert-OH is 1. The zero-order valence-corrected chi connectivity index (χ0v) is 13.7. The molecule has 1 aromatic heterocycles. The minimum Gasteiger partial charge on any atom is -0.393 e. The number of halogens is 3. The van der Waals surface area contributed by atoms with Crippen molar-refractivity contribution in [2.24, 2.45) is 5.92 Å². The maximum atomic E-state index is 12.9. The fourth-order valence-corrected chi connectivity index (χ4v) is 3.67. The second kappa shape index (κ2) is 7.27. The molecule has 0 saturated carbocycles.